The topological polar surface area (TPSA) is 107 Å². The largest absolute Gasteiger partial charge is 0.497 e. The molecular weight excluding hydrogens is 528 g/mol. The number of ether oxygens (including phenoxy) is 6. The van der Waals surface area contributed by atoms with E-state index in [1.807, 2.05) is 30.3 Å². The maximum Gasteiger partial charge on any atom is 0.343 e. The number of ketones is 1. The van der Waals surface area contributed by atoms with Crippen molar-refractivity contribution in [2.75, 3.05) is 27.9 Å². The van der Waals surface area contributed by atoms with Gasteiger partial charge in [-0.05, 0) is 54.1 Å². The molecule has 0 aromatic heterocycles. The molecular formula is C32H28O9. The van der Waals surface area contributed by atoms with Crippen molar-refractivity contribution in [3.05, 3.63) is 113 Å². The standard InChI is InChI=1S/C32H28O9/c1-36-24-13-9-22(10-14-24)31(34)40-20-27(33)30-28(38-3)17-26(39-19-21-7-5-4-6-8-21)18-29(30)41-32(35)23-11-15-25(37-2)16-12-23/h4-18H,19-20H2,1-3H3. The Hall–Kier alpha value is -5.31. The second-order valence-electron chi connectivity index (χ2n) is 8.62. The van der Waals surface area contributed by atoms with Gasteiger partial charge in [-0.25, -0.2) is 9.59 Å². The highest BCUT2D eigenvalue weighted by atomic mass is 16.5. The third-order valence-corrected chi connectivity index (χ3v) is 5.98. The summed E-state index contributed by atoms with van der Waals surface area (Å²) in [7, 11) is 4.39. The van der Waals surface area contributed by atoms with Crippen molar-refractivity contribution in [3.8, 4) is 28.7 Å². The molecule has 4 aromatic rings. The summed E-state index contributed by atoms with van der Waals surface area (Å²) in [5.74, 6) is -0.670. The molecule has 0 unspecified atom stereocenters. The van der Waals surface area contributed by atoms with Gasteiger partial charge < -0.3 is 28.4 Å². The van der Waals surface area contributed by atoms with Crippen LogP contribution in [-0.4, -0.2) is 45.7 Å². The number of methoxy groups -OCH3 is 3. The molecule has 0 radical (unpaired) electrons. The van der Waals surface area contributed by atoms with E-state index in [0.29, 0.717) is 17.2 Å². The summed E-state index contributed by atoms with van der Waals surface area (Å²) in [5, 5.41) is 0. The normalized spacial score (nSPS) is 10.3. The van der Waals surface area contributed by atoms with Gasteiger partial charge in [-0.1, -0.05) is 30.3 Å². The zero-order valence-corrected chi connectivity index (χ0v) is 22.7. The Morgan fingerprint density at radius 1 is 0.610 bits per heavy atom. The number of carbonyl (C=O) groups excluding carboxylic acids is 3. The molecule has 0 atom stereocenters. The van der Waals surface area contributed by atoms with Crippen LogP contribution in [-0.2, 0) is 11.3 Å². The van der Waals surface area contributed by atoms with Gasteiger partial charge in [-0.15, -0.1) is 0 Å². The zero-order valence-electron chi connectivity index (χ0n) is 22.7. The minimum atomic E-state index is -0.723. The number of hydrogen-bond donors (Lipinski definition) is 0. The second kappa shape index (κ2) is 13.7. The first-order chi connectivity index (χ1) is 19.9. The lowest BCUT2D eigenvalue weighted by atomic mass is 10.1. The lowest BCUT2D eigenvalue weighted by molar-refractivity contribution is 0.0471. The minimum absolute atomic E-state index is 0.0797. The van der Waals surface area contributed by atoms with Crippen LogP contribution >= 0.6 is 0 Å². The van der Waals surface area contributed by atoms with E-state index >= 15 is 0 Å². The zero-order chi connectivity index (χ0) is 29.2. The van der Waals surface area contributed by atoms with E-state index in [0.717, 1.165) is 5.56 Å². The molecule has 0 aliphatic heterocycles. The predicted octanol–water partition coefficient (Wildman–Crippen LogP) is 5.55. The van der Waals surface area contributed by atoms with Crippen LogP contribution in [0.3, 0.4) is 0 Å². The molecule has 0 spiro atoms. The Morgan fingerprint density at radius 3 is 1.73 bits per heavy atom. The molecule has 0 bridgehead atoms. The maximum atomic E-state index is 13.3. The Labute approximate surface area is 237 Å². The third kappa shape index (κ3) is 7.42. The highest BCUT2D eigenvalue weighted by molar-refractivity contribution is 6.05. The van der Waals surface area contributed by atoms with Crippen LogP contribution in [0.2, 0.25) is 0 Å². The number of hydrogen-bond acceptors (Lipinski definition) is 9. The maximum absolute atomic E-state index is 13.3. The van der Waals surface area contributed by atoms with E-state index in [1.165, 1.54) is 57.7 Å². The van der Waals surface area contributed by atoms with Crippen LogP contribution in [0.5, 0.6) is 28.7 Å². The first-order valence-electron chi connectivity index (χ1n) is 12.5. The molecule has 9 heteroatoms. The summed E-state index contributed by atoms with van der Waals surface area (Å²) in [6.45, 7) is -0.402. The first-order valence-corrected chi connectivity index (χ1v) is 12.5. The summed E-state index contributed by atoms with van der Waals surface area (Å²) in [5.41, 5.74) is 1.30. The molecule has 0 aliphatic rings. The van der Waals surface area contributed by atoms with Gasteiger partial charge in [0, 0.05) is 12.1 Å². The van der Waals surface area contributed by atoms with Gasteiger partial charge in [-0.2, -0.15) is 0 Å². The number of Topliss-reactive ketones (excluding diaryl/α,β-unsaturated/α-hetero) is 1. The molecule has 0 aliphatic carbocycles. The average molecular weight is 557 g/mol. The minimum Gasteiger partial charge on any atom is -0.497 e. The van der Waals surface area contributed by atoms with E-state index in [-0.39, 0.29) is 34.8 Å². The number of esters is 2. The van der Waals surface area contributed by atoms with Crippen molar-refractivity contribution >= 4 is 17.7 Å². The molecule has 0 amide bonds. The van der Waals surface area contributed by atoms with E-state index in [1.54, 1.807) is 24.3 Å². The van der Waals surface area contributed by atoms with Crippen molar-refractivity contribution in [1.82, 2.24) is 0 Å². The Balaban J connectivity index is 1.60. The molecule has 0 N–H and O–H groups in total. The monoisotopic (exact) mass is 556 g/mol. The van der Waals surface area contributed by atoms with Crippen LogP contribution in [0.15, 0.2) is 91.0 Å². The van der Waals surface area contributed by atoms with Crippen molar-refractivity contribution in [2.45, 2.75) is 6.61 Å². The van der Waals surface area contributed by atoms with Gasteiger partial charge in [0.25, 0.3) is 0 Å². The smallest absolute Gasteiger partial charge is 0.343 e. The van der Waals surface area contributed by atoms with Gasteiger partial charge in [-0.3, -0.25) is 4.79 Å². The lowest BCUT2D eigenvalue weighted by Crippen LogP contribution is -2.18. The molecule has 0 fully saturated rings. The van der Waals surface area contributed by atoms with Gasteiger partial charge in [0.2, 0.25) is 5.78 Å². The number of carbonyl (C=O) groups is 3. The Kier molecular flexibility index (Phi) is 9.56. The van der Waals surface area contributed by atoms with Crippen LogP contribution in [0, 0.1) is 0 Å². The first kappa shape index (κ1) is 28.7. The molecule has 0 saturated carbocycles. The van der Waals surface area contributed by atoms with E-state index < -0.39 is 24.3 Å². The third-order valence-electron chi connectivity index (χ3n) is 5.98. The molecule has 4 rings (SSSR count). The van der Waals surface area contributed by atoms with Crippen molar-refractivity contribution < 1.29 is 42.8 Å². The van der Waals surface area contributed by atoms with E-state index in [9.17, 15) is 14.4 Å². The summed E-state index contributed by atoms with van der Waals surface area (Å²) >= 11 is 0. The van der Waals surface area contributed by atoms with Gasteiger partial charge in [0.15, 0.2) is 6.61 Å². The molecule has 0 heterocycles. The fourth-order valence-electron chi connectivity index (χ4n) is 3.81. The quantitative estimate of drug-likeness (QED) is 0.126. The van der Waals surface area contributed by atoms with Crippen LogP contribution in [0.25, 0.3) is 0 Å². The number of benzene rings is 4. The van der Waals surface area contributed by atoms with Crippen LogP contribution in [0.1, 0.15) is 36.6 Å². The SMILES string of the molecule is COc1ccc(C(=O)OCC(=O)c2c(OC)cc(OCc3ccccc3)cc2OC(=O)c2ccc(OC)cc2)cc1. The molecule has 0 saturated heterocycles. The van der Waals surface area contributed by atoms with Crippen molar-refractivity contribution in [3.63, 3.8) is 0 Å². The molecule has 9 nitrogen and oxygen atoms in total. The van der Waals surface area contributed by atoms with Crippen molar-refractivity contribution in [2.24, 2.45) is 0 Å². The molecule has 41 heavy (non-hydrogen) atoms. The predicted molar refractivity (Wildman–Crippen MR) is 149 cm³/mol. The second-order valence-corrected chi connectivity index (χ2v) is 8.62. The number of rotatable bonds is 12. The summed E-state index contributed by atoms with van der Waals surface area (Å²) in [4.78, 5) is 38.9. The van der Waals surface area contributed by atoms with Crippen LogP contribution < -0.4 is 23.7 Å². The summed E-state index contributed by atoms with van der Waals surface area (Å²) in [6, 6.07) is 24.9. The highest BCUT2D eigenvalue weighted by Gasteiger charge is 2.25. The summed E-state index contributed by atoms with van der Waals surface area (Å²) < 4.78 is 32.5. The van der Waals surface area contributed by atoms with E-state index in [4.69, 9.17) is 28.4 Å². The fraction of sp³-hybridized carbons (Fsp3) is 0.156. The average Bonchev–Trinajstić information content (AvgIpc) is 3.02. The van der Waals surface area contributed by atoms with Gasteiger partial charge in [0.05, 0.1) is 32.5 Å². The van der Waals surface area contributed by atoms with Gasteiger partial charge >= 0.3 is 11.9 Å². The van der Waals surface area contributed by atoms with Gasteiger partial charge in [0.1, 0.15) is 40.9 Å². The Morgan fingerprint density at radius 2 is 1.17 bits per heavy atom. The van der Waals surface area contributed by atoms with E-state index in [2.05, 4.69) is 0 Å². The summed E-state index contributed by atoms with van der Waals surface area (Å²) in [6.07, 6.45) is 0. The lowest BCUT2D eigenvalue weighted by Gasteiger charge is -2.16. The van der Waals surface area contributed by atoms with Crippen LogP contribution in [0.4, 0.5) is 0 Å². The fourth-order valence-corrected chi connectivity index (χ4v) is 3.81. The Bertz CT molecular complexity index is 1500. The molecule has 210 valence electrons. The van der Waals surface area contributed by atoms with Crippen molar-refractivity contribution in [1.29, 1.82) is 0 Å². The molecule has 4 aromatic carbocycles. The highest BCUT2D eigenvalue weighted by Crippen LogP contribution is 2.36.